The number of hydrogen-bond donors (Lipinski definition) is 1. The second-order valence-corrected chi connectivity index (χ2v) is 7.83. The zero-order valence-electron chi connectivity index (χ0n) is 14.0. The van der Waals surface area contributed by atoms with E-state index in [9.17, 15) is 22.0 Å². The summed E-state index contributed by atoms with van der Waals surface area (Å²) >= 11 is 0. The number of amides is 1. The number of hydrogen-bond acceptors (Lipinski definition) is 4. The van der Waals surface area contributed by atoms with Crippen molar-refractivity contribution in [3.05, 3.63) is 29.8 Å². The van der Waals surface area contributed by atoms with Gasteiger partial charge in [-0.1, -0.05) is 6.92 Å². The molecule has 1 aromatic carbocycles. The summed E-state index contributed by atoms with van der Waals surface area (Å²) in [5.74, 6) is -2.00. The predicted octanol–water partition coefficient (Wildman–Crippen LogP) is 1.66. The highest BCUT2D eigenvalue weighted by Gasteiger charge is 2.25. The van der Waals surface area contributed by atoms with Gasteiger partial charge in [0.15, 0.2) is 18.2 Å². The van der Waals surface area contributed by atoms with E-state index in [2.05, 4.69) is 4.72 Å². The number of halogens is 2. The number of sulfonamides is 1. The Morgan fingerprint density at radius 1 is 1.32 bits per heavy atom. The monoisotopic (exact) mass is 376 g/mol. The highest BCUT2D eigenvalue weighted by molar-refractivity contribution is 7.89. The van der Waals surface area contributed by atoms with Gasteiger partial charge in [-0.15, -0.1) is 0 Å². The third kappa shape index (κ3) is 5.93. The number of nitrogens with zero attached hydrogens (tertiary/aromatic N) is 1. The number of rotatable bonds is 7. The Balaban J connectivity index is 1.79. The van der Waals surface area contributed by atoms with Crippen molar-refractivity contribution in [1.82, 2.24) is 9.62 Å². The van der Waals surface area contributed by atoms with E-state index in [4.69, 9.17) is 4.74 Å². The van der Waals surface area contributed by atoms with Crippen molar-refractivity contribution >= 4 is 15.9 Å². The van der Waals surface area contributed by atoms with Gasteiger partial charge in [-0.05, 0) is 31.4 Å². The number of carbonyl (C=O) groups is 1. The molecule has 1 heterocycles. The molecule has 25 heavy (non-hydrogen) atoms. The van der Waals surface area contributed by atoms with Crippen LogP contribution in [0.5, 0.6) is 5.75 Å². The summed E-state index contributed by atoms with van der Waals surface area (Å²) in [6, 6.07) is 2.69. The molecule has 0 aliphatic carbocycles. The quantitative estimate of drug-likeness (QED) is 0.785. The van der Waals surface area contributed by atoms with Crippen LogP contribution in [0.2, 0.25) is 0 Å². The standard InChI is InChI=1S/C16H22F2N2O4S/c1-2-9-25(22,23)19-13-5-7-20(8-6-13)16(21)11-24-15-4-3-12(17)10-14(15)18/h3-4,10,13,19H,2,5-9,11H2,1H3. The van der Waals surface area contributed by atoms with E-state index in [1.54, 1.807) is 11.8 Å². The van der Waals surface area contributed by atoms with E-state index < -0.39 is 21.7 Å². The summed E-state index contributed by atoms with van der Waals surface area (Å²) in [5.41, 5.74) is 0. The third-order valence-corrected chi connectivity index (χ3v) is 5.55. The van der Waals surface area contributed by atoms with Gasteiger partial charge in [0.2, 0.25) is 10.0 Å². The number of nitrogens with one attached hydrogen (secondary N) is 1. The Morgan fingerprint density at radius 2 is 2.00 bits per heavy atom. The fourth-order valence-corrected chi connectivity index (χ4v) is 4.05. The first-order valence-corrected chi connectivity index (χ1v) is 9.81. The summed E-state index contributed by atoms with van der Waals surface area (Å²) in [6.45, 7) is 2.24. The first-order valence-electron chi connectivity index (χ1n) is 8.16. The minimum absolute atomic E-state index is 0.0865. The Morgan fingerprint density at radius 3 is 2.60 bits per heavy atom. The predicted molar refractivity (Wildman–Crippen MR) is 88.7 cm³/mol. The van der Waals surface area contributed by atoms with Crippen LogP contribution >= 0.6 is 0 Å². The topological polar surface area (TPSA) is 75.7 Å². The molecule has 2 rings (SSSR count). The van der Waals surface area contributed by atoms with Crippen LogP contribution in [-0.2, 0) is 14.8 Å². The molecular formula is C16H22F2N2O4S. The molecule has 0 saturated carbocycles. The number of carbonyl (C=O) groups excluding carboxylic acids is 1. The average Bonchev–Trinajstić information content (AvgIpc) is 2.54. The molecule has 0 radical (unpaired) electrons. The first kappa shape index (κ1) is 19.6. The van der Waals surface area contributed by atoms with E-state index in [1.165, 1.54) is 0 Å². The van der Waals surface area contributed by atoms with Gasteiger partial charge in [0.05, 0.1) is 5.75 Å². The minimum Gasteiger partial charge on any atom is -0.481 e. The number of piperidine rings is 1. The fraction of sp³-hybridized carbons (Fsp3) is 0.562. The molecule has 0 aromatic heterocycles. The first-order chi connectivity index (χ1) is 11.8. The van der Waals surface area contributed by atoms with Gasteiger partial charge in [-0.3, -0.25) is 4.79 Å². The molecule has 9 heteroatoms. The van der Waals surface area contributed by atoms with Gasteiger partial charge in [0.1, 0.15) is 5.82 Å². The molecule has 1 N–H and O–H groups in total. The van der Waals surface area contributed by atoms with Crippen molar-refractivity contribution in [3.8, 4) is 5.75 Å². The summed E-state index contributed by atoms with van der Waals surface area (Å²) in [5, 5.41) is 0. The lowest BCUT2D eigenvalue weighted by Crippen LogP contribution is -2.48. The van der Waals surface area contributed by atoms with Crippen molar-refractivity contribution in [3.63, 3.8) is 0 Å². The van der Waals surface area contributed by atoms with Crippen LogP contribution < -0.4 is 9.46 Å². The zero-order valence-corrected chi connectivity index (χ0v) is 14.8. The van der Waals surface area contributed by atoms with Crippen LogP contribution in [-0.4, -0.2) is 50.7 Å². The van der Waals surface area contributed by atoms with E-state index in [0.29, 0.717) is 38.4 Å². The highest BCUT2D eigenvalue weighted by Crippen LogP contribution is 2.18. The normalized spacial score (nSPS) is 16.0. The molecule has 1 aromatic rings. The molecule has 1 aliphatic rings. The molecule has 0 spiro atoms. The Hall–Kier alpha value is -1.74. The van der Waals surface area contributed by atoms with Crippen molar-refractivity contribution < 1.29 is 26.7 Å². The Labute approximate surface area is 146 Å². The molecule has 6 nitrogen and oxygen atoms in total. The van der Waals surface area contributed by atoms with Gasteiger partial charge in [-0.25, -0.2) is 21.9 Å². The van der Waals surface area contributed by atoms with Crippen molar-refractivity contribution in [2.24, 2.45) is 0 Å². The van der Waals surface area contributed by atoms with Crippen LogP contribution in [0, 0.1) is 11.6 Å². The average molecular weight is 376 g/mol. The SMILES string of the molecule is CCCS(=O)(=O)NC1CCN(C(=O)COc2ccc(F)cc2F)CC1. The zero-order chi connectivity index (χ0) is 18.4. The number of likely N-dealkylation sites (tertiary alicyclic amines) is 1. The van der Waals surface area contributed by atoms with Crippen LogP contribution in [0.1, 0.15) is 26.2 Å². The molecule has 1 aliphatic heterocycles. The minimum atomic E-state index is -3.27. The Bertz CT molecular complexity index is 704. The molecular weight excluding hydrogens is 354 g/mol. The van der Waals surface area contributed by atoms with Gasteiger partial charge in [-0.2, -0.15) is 0 Å². The fourth-order valence-electron chi connectivity index (χ4n) is 2.65. The molecule has 1 fully saturated rings. The summed E-state index contributed by atoms with van der Waals surface area (Å²) < 4.78 is 57.5. The smallest absolute Gasteiger partial charge is 0.260 e. The molecule has 1 amide bonds. The van der Waals surface area contributed by atoms with E-state index in [1.807, 2.05) is 0 Å². The van der Waals surface area contributed by atoms with Gasteiger partial charge < -0.3 is 9.64 Å². The van der Waals surface area contributed by atoms with Crippen LogP contribution in [0.4, 0.5) is 8.78 Å². The van der Waals surface area contributed by atoms with Crippen LogP contribution in [0.15, 0.2) is 18.2 Å². The lowest BCUT2D eigenvalue weighted by atomic mass is 10.1. The van der Waals surface area contributed by atoms with E-state index in [-0.39, 0.29) is 30.1 Å². The molecule has 0 bridgehead atoms. The molecule has 140 valence electrons. The van der Waals surface area contributed by atoms with Gasteiger partial charge in [0, 0.05) is 25.2 Å². The third-order valence-electron chi connectivity index (χ3n) is 3.91. The second kappa shape index (κ2) is 8.57. The highest BCUT2D eigenvalue weighted by atomic mass is 32.2. The summed E-state index contributed by atoms with van der Waals surface area (Å²) in [4.78, 5) is 13.7. The number of benzene rings is 1. The lowest BCUT2D eigenvalue weighted by Gasteiger charge is -2.32. The maximum atomic E-state index is 13.5. The van der Waals surface area contributed by atoms with Crippen LogP contribution in [0.3, 0.4) is 0 Å². The maximum absolute atomic E-state index is 13.5. The Kier molecular flexibility index (Phi) is 6.71. The van der Waals surface area contributed by atoms with Gasteiger partial charge in [0.25, 0.3) is 5.91 Å². The van der Waals surface area contributed by atoms with Gasteiger partial charge >= 0.3 is 0 Å². The van der Waals surface area contributed by atoms with E-state index >= 15 is 0 Å². The molecule has 1 saturated heterocycles. The summed E-state index contributed by atoms with van der Waals surface area (Å²) in [7, 11) is -3.27. The molecule has 0 unspecified atom stereocenters. The van der Waals surface area contributed by atoms with Crippen molar-refractivity contribution in [2.75, 3.05) is 25.4 Å². The lowest BCUT2D eigenvalue weighted by molar-refractivity contribution is -0.134. The number of ether oxygens (including phenoxy) is 1. The second-order valence-electron chi connectivity index (χ2n) is 5.96. The van der Waals surface area contributed by atoms with Crippen molar-refractivity contribution in [1.29, 1.82) is 0 Å². The van der Waals surface area contributed by atoms with Crippen molar-refractivity contribution in [2.45, 2.75) is 32.2 Å². The van der Waals surface area contributed by atoms with Crippen LogP contribution in [0.25, 0.3) is 0 Å². The summed E-state index contributed by atoms with van der Waals surface area (Å²) in [6.07, 6.45) is 1.57. The maximum Gasteiger partial charge on any atom is 0.260 e. The molecule has 0 atom stereocenters. The largest absolute Gasteiger partial charge is 0.481 e. The van der Waals surface area contributed by atoms with E-state index in [0.717, 1.165) is 12.1 Å².